The second-order valence-corrected chi connectivity index (χ2v) is 8.42. The van der Waals surface area contributed by atoms with Crippen LogP contribution in [0, 0.1) is 0 Å². The molecule has 0 saturated heterocycles. The zero-order chi connectivity index (χ0) is 15.4. The third kappa shape index (κ3) is 4.53. The summed E-state index contributed by atoms with van der Waals surface area (Å²) < 4.78 is 50.4. The summed E-state index contributed by atoms with van der Waals surface area (Å²) in [5, 5.41) is 0. The van der Waals surface area contributed by atoms with E-state index < -0.39 is 20.0 Å². The van der Waals surface area contributed by atoms with Gasteiger partial charge in [-0.1, -0.05) is 12.1 Å². The highest BCUT2D eigenvalue weighted by molar-refractivity contribution is 7.90. The van der Waals surface area contributed by atoms with Crippen molar-refractivity contribution in [2.75, 3.05) is 26.4 Å². The first-order chi connectivity index (χ1) is 9.19. The number of nitrogens with one attached hydrogen (secondary N) is 1. The molecule has 7 nitrogen and oxygen atoms in total. The molecule has 0 heterocycles. The van der Waals surface area contributed by atoms with E-state index in [2.05, 4.69) is 4.72 Å². The highest BCUT2D eigenvalue weighted by Crippen LogP contribution is 2.10. The molecule has 1 rings (SSSR count). The largest absolute Gasteiger partial charge is 0.326 e. The summed E-state index contributed by atoms with van der Waals surface area (Å²) in [6.07, 6.45) is 0. The third-order valence-corrected chi connectivity index (χ3v) is 5.94. The van der Waals surface area contributed by atoms with Crippen LogP contribution in [0.1, 0.15) is 5.56 Å². The maximum absolute atomic E-state index is 12.0. The van der Waals surface area contributed by atoms with Crippen LogP contribution < -0.4 is 10.5 Å². The van der Waals surface area contributed by atoms with Crippen molar-refractivity contribution in [3.05, 3.63) is 29.8 Å². The summed E-state index contributed by atoms with van der Waals surface area (Å²) in [6, 6.07) is 6.20. The van der Waals surface area contributed by atoms with Gasteiger partial charge in [-0.25, -0.2) is 25.9 Å². The van der Waals surface area contributed by atoms with Crippen LogP contribution in [0.2, 0.25) is 0 Å². The van der Waals surface area contributed by atoms with Gasteiger partial charge in [-0.15, -0.1) is 0 Å². The number of nitrogens with two attached hydrogens (primary N) is 1. The summed E-state index contributed by atoms with van der Waals surface area (Å²) >= 11 is 0. The molecule has 1 aromatic rings. The Morgan fingerprint density at radius 3 is 2.40 bits per heavy atom. The van der Waals surface area contributed by atoms with Crippen LogP contribution in [0.4, 0.5) is 0 Å². The van der Waals surface area contributed by atoms with Crippen LogP contribution in [-0.2, 0) is 26.6 Å². The lowest BCUT2D eigenvalue weighted by Crippen LogP contribution is -2.34. The van der Waals surface area contributed by atoms with Crippen molar-refractivity contribution in [3.8, 4) is 0 Å². The molecule has 0 radical (unpaired) electrons. The van der Waals surface area contributed by atoms with Gasteiger partial charge in [0.2, 0.25) is 20.0 Å². The van der Waals surface area contributed by atoms with Crippen LogP contribution in [0.15, 0.2) is 29.2 Å². The molecule has 114 valence electrons. The molecule has 1 aromatic carbocycles. The molecular weight excluding hydrogens is 302 g/mol. The quantitative estimate of drug-likeness (QED) is 0.691. The van der Waals surface area contributed by atoms with Gasteiger partial charge < -0.3 is 5.73 Å². The van der Waals surface area contributed by atoms with Gasteiger partial charge >= 0.3 is 0 Å². The van der Waals surface area contributed by atoms with Crippen LogP contribution >= 0.6 is 0 Å². The smallest absolute Gasteiger partial charge is 0.240 e. The van der Waals surface area contributed by atoms with Crippen molar-refractivity contribution in [3.63, 3.8) is 0 Å². The fourth-order valence-corrected chi connectivity index (χ4v) is 3.37. The molecule has 0 atom stereocenters. The van der Waals surface area contributed by atoms with Crippen LogP contribution in [0.3, 0.4) is 0 Å². The molecule has 3 N–H and O–H groups in total. The summed E-state index contributed by atoms with van der Waals surface area (Å²) in [4.78, 5) is 0.0719. The molecule has 0 spiro atoms. The Bertz CT molecular complexity index is 654. The maximum Gasteiger partial charge on any atom is 0.240 e. The predicted molar refractivity (Wildman–Crippen MR) is 77.0 cm³/mol. The zero-order valence-electron chi connectivity index (χ0n) is 11.4. The first-order valence-corrected chi connectivity index (χ1v) is 8.97. The SMILES string of the molecule is CN(C)S(=O)(=O)CCNS(=O)(=O)c1cccc(CN)c1. The molecule has 0 fully saturated rings. The first kappa shape index (κ1) is 17.1. The average Bonchev–Trinajstić information content (AvgIpc) is 2.38. The van der Waals surface area contributed by atoms with Crippen molar-refractivity contribution in [1.29, 1.82) is 0 Å². The van der Waals surface area contributed by atoms with E-state index >= 15 is 0 Å². The lowest BCUT2D eigenvalue weighted by Gasteiger charge is -2.12. The van der Waals surface area contributed by atoms with Gasteiger partial charge in [0.1, 0.15) is 0 Å². The zero-order valence-corrected chi connectivity index (χ0v) is 13.0. The first-order valence-electron chi connectivity index (χ1n) is 5.88. The fraction of sp³-hybridized carbons (Fsp3) is 0.455. The predicted octanol–water partition coefficient (Wildman–Crippen LogP) is -0.685. The van der Waals surface area contributed by atoms with Crippen molar-refractivity contribution < 1.29 is 16.8 Å². The second-order valence-electron chi connectivity index (χ2n) is 4.35. The monoisotopic (exact) mass is 321 g/mol. The Morgan fingerprint density at radius 1 is 1.20 bits per heavy atom. The minimum absolute atomic E-state index is 0.0719. The number of nitrogens with zero attached hydrogens (tertiary/aromatic N) is 1. The topological polar surface area (TPSA) is 110 Å². The van der Waals surface area contributed by atoms with Gasteiger partial charge in [0.05, 0.1) is 10.6 Å². The molecule has 0 bridgehead atoms. The Labute approximate surface area is 119 Å². The summed E-state index contributed by atoms with van der Waals surface area (Å²) in [5.41, 5.74) is 6.14. The van der Waals surface area contributed by atoms with Crippen LogP contribution in [-0.4, -0.2) is 47.5 Å². The molecule has 0 amide bonds. The fourth-order valence-electron chi connectivity index (χ4n) is 1.41. The Hall–Kier alpha value is -1.00. The van der Waals surface area contributed by atoms with E-state index in [1.165, 1.54) is 26.2 Å². The molecule has 0 aliphatic rings. The average molecular weight is 321 g/mol. The highest BCUT2D eigenvalue weighted by atomic mass is 32.2. The molecular formula is C11H19N3O4S2. The third-order valence-electron chi connectivity index (χ3n) is 2.65. The van der Waals surface area contributed by atoms with Crippen molar-refractivity contribution in [2.45, 2.75) is 11.4 Å². The van der Waals surface area contributed by atoms with Gasteiger partial charge in [0.25, 0.3) is 0 Å². The Morgan fingerprint density at radius 2 is 1.85 bits per heavy atom. The number of rotatable bonds is 7. The Kier molecular flexibility index (Phi) is 5.66. The maximum atomic E-state index is 12.0. The van der Waals surface area contributed by atoms with Crippen LogP contribution in [0.5, 0.6) is 0 Å². The standard InChI is InChI=1S/C11H19N3O4S2/c1-14(2)19(15,16)7-6-13-20(17,18)11-5-3-4-10(8-11)9-12/h3-5,8,13H,6-7,9,12H2,1-2H3. The number of sulfonamides is 2. The minimum atomic E-state index is -3.73. The minimum Gasteiger partial charge on any atom is -0.326 e. The van der Waals surface area contributed by atoms with Crippen molar-refractivity contribution in [2.24, 2.45) is 5.73 Å². The van der Waals surface area contributed by atoms with Gasteiger partial charge in [-0.2, -0.15) is 0 Å². The number of benzene rings is 1. The van der Waals surface area contributed by atoms with E-state index in [1.54, 1.807) is 12.1 Å². The van der Waals surface area contributed by atoms with E-state index in [0.717, 1.165) is 4.31 Å². The van der Waals surface area contributed by atoms with Gasteiger partial charge in [0, 0.05) is 27.2 Å². The van der Waals surface area contributed by atoms with E-state index in [1.807, 2.05) is 0 Å². The lowest BCUT2D eigenvalue weighted by molar-refractivity contribution is 0.519. The molecule has 0 aliphatic carbocycles. The Balaban J connectivity index is 2.76. The molecule has 0 aromatic heterocycles. The van der Waals surface area contributed by atoms with Crippen molar-refractivity contribution in [1.82, 2.24) is 9.03 Å². The molecule has 0 unspecified atom stereocenters. The highest BCUT2D eigenvalue weighted by Gasteiger charge is 2.17. The molecule has 0 saturated carbocycles. The summed E-state index contributed by atoms with van der Waals surface area (Å²) in [7, 11) is -4.36. The van der Waals surface area contributed by atoms with Gasteiger partial charge in [0.15, 0.2) is 0 Å². The lowest BCUT2D eigenvalue weighted by atomic mass is 10.2. The molecule has 20 heavy (non-hydrogen) atoms. The van der Waals surface area contributed by atoms with E-state index in [0.29, 0.717) is 5.56 Å². The summed E-state index contributed by atoms with van der Waals surface area (Å²) in [5.74, 6) is -0.296. The van der Waals surface area contributed by atoms with Crippen molar-refractivity contribution >= 4 is 20.0 Å². The normalized spacial score (nSPS) is 12.8. The van der Waals surface area contributed by atoms with Gasteiger partial charge in [-0.3, -0.25) is 0 Å². The number of hydrogen-bond acceptors (Lipinski definition) is 5. The second kappa shape index (κ2) is 6.64. The van der Waals surface area contributed by atoms with E-state index in [9.17, 15) is 16.8 Å². The molecule has 9 heteroatoms. The number of hydrogen-bond donors (Lipinski definition) is 2. The van der Waals surface area contributed by atoms with Gasteiger partial charge in [-0.05, 0) is 17.7 Å². The van der Waals surface area contributed by atoms with Crippen LogP contribution in [0.25, 0.3) is 0 Å². The summed E-state index contributed by atoms with van der Waals surface area (Å²) in [6.45, 7) is 0.0497. The van der Waals surface area contributed by atoms with E-state index in [4.69, 9.17) is 5.73 Å². The molecule has 0 aliphatic heterocycles. The van der Waals surface area contributed by atoms with E-state index in [-0.39, 0.29) is 23.7 Å².